The Bertz CT molecular complexity index is 400. The van der Waals surface area contributed by atoms with Gasteiger partial charge in [-0.2, -0.15) is 0 Å². The van der Waals surface area contributed by atoms with Crippen LogP contribution < -0.4 is 0 Å². The third kappa shape index (κ3) is 1.28. The van der Waals surface area contributed by atoms with Gasteiger partial charge in [-0.3, -0.25) is 0 Å². The van der Waals surface area contributed by atoms with Crippen molar-refractivity contribution in [2.75, 3.05) is 6.26 Å². The molecule has 0 amide bonds. The average molecular weight is 176 g/mol. The first kappa shape index (κ1) is 7.55. The van der Waals surface area contributed by atoms with Crippen LogP contribution in [0.25, 0.3) is 10.9 Å². The van der Waals surface area contributed by atoms with E-state index < -0.39 is 0 Å². The number of aromatic nitrogens is 2. The third-order valence-corrected chi connectivity index (χ3v) is 2.21. The summed E-state index contributed by atoms with van der Waals surface area (Å²) >= 11 is 1.56. The Morgan fingerprint density at radius 2 is 2.08 bits per heavy atom. The summed E-state index contributed by atoms with van der Waals surface area (Å²) in [5.74, 6) is 0. The van der Waals surface area contributed by atoms with E-state index in [0.29, 0.717) is 0 Å². The molecular weight excluding hydrogens is 168 g/mol. The summed E-state index contributed by atoms with van der Waals surface area (Å²) in [6, 6.07) is 7.99. The van der Waals surface area contributed by atoms with Crippen molar-refractivity contribution in [2.45, 2.75) is 5.16 Å². The topological polar surface area (TPSA) is 25.8 Å². The molecule has 0 radical (unpaired) electrons. The molecule has 0 aliphatic carbocycles. The van der Waals surface area contributed by atoms with Crippen LogP contribution in [0.4, 0.5) is 0 Å². The number of hydrogen-bond donors (Lipinski definition) is 0. The van der Waals surface area contributed by atoms with Gasteiger partial charge in [-0.25, -0.2) is 9.97 Å². The maximum absolute atomic E-state index is 4.35. The molecule has 0 fully saturated rings. The molecule has 1 aromatic heterocycles. The van der Waals surface area contributed by atoms with Gasteiger partial charge < -0.3 is 0 Å². The Morgan fingerprint density at radius 3 is 2.92 bits per heavy atom. The highest BCUT2D eigenvalue weighted by Gasteiger charge is 1.95. The molecule has 0 unspecified atom stereocenters. The van der Waals surface area contributed by atoms with Crippen LogP contribution >= 0.6 is 11.8 Å². The van der Waals surface area contributed by atoms with E-state index in [0.717, 1.165) is 16.1 Å². The summed E-state index contributed by atoms with van der Waals surface area (Å²) in [6.07, 6.45) is 3.83. The second-order valence-corrected chi connectivity index (χ2v) is 3.19. The Morgan fingerprint density at radius 1 is 1.25 bits per heavy atom. The van der Waals surface area contributed by atoms with Gasteiger partial charge in [0.2, 0.25) is 0 Å². The van der Waals surface area contributed by atoms with E-state index >= 15 is 0 Å². The van der Waals surface area contributed by atoms with E-state index in [-0.39, 0.29) is 0 Å². The standard InChI is InChI=1S/C9H8N2S/c1-12-9-10-6-7-4-2-3-5-8(7)11-9/h2-6H,1H3. The van der Waals surface area contributed by atoms with E-state index in [2.05, 4.69) is 9.97 Å². The molecule has 0 N–H and O–H groups in total. The number of para-hydroxylation sites is 1. The van der Waals surface area contributed by atoms with Gasteiger partial charge in [-0.1, -0.05) is 30.0 Å². The van der Waals surface area contributed by atoms with E-state index in [9.17, 15) is 0 Å². The quantitative estimate of drug-likeness (QED) is 0.492. The smallest absolute Gasteiger partial charge is 0.187 e. The summed E-state index contributed by atoms with van der Waals surface area (Å²) in [5.41, 5.74) is 1.01. The average Bonchev–Trinajstić information content (AvgIpc) is 2.17. The molecule has 0 atom stereocenters. The lowest BCUT2D eigenvalue weighted by molar-refractivity contribution is 1.01. The van der Waals surface area contributed by atoms with E-state index in [1.807, 2.05) is 36.7 Å². The molecule has 0 saturated heterocycles. The zero-order valence-electron chi connectivity index (χ0n) is 6.69. The Kier molecular flexibility index (Phi) is 1.96. The monoisotopic (exact) mass is 176 g/mol. The molecule has 1 heterocycles. The number of fused-ring (bicyclic) bond motifs is 1. The number of hydrogen-bond acceptors (Lipinski definition) is 3. The van der Waals surface area contributed by atoms with Crippen LogP contribution in [0.5, 0.6) is 0 Å². The number of nitrogens with zero attached hydrogens (tertiary/aromatic N) is 2. The third-order valence-electron chi connectivity index (χ3n) is 1.65. The Balaban J connectivity index is 2.67. The zero-order chi connectivity index (χ0) is 8.39. The minimum absolute atomic E-state index is 0.828. The van der Waals surface area contributed by atoms with E-state index in [1.165, 1.54) is 0 Å². The van der Waals surface area contributed by atoms with Gasteiger partial charge in [0.1, 0.15) is 0 Å². The van der Waals surface area contributed by atoms with Crippen molar-refractivity contribution in [2.24, 2.45) is 0 Å². The predicted octanol–water partition coefficient (Wildman–Crippen LogP) is 2.35. The van der Waals surface area contributed by atoms with Crippen molar-refractivity contribution in [3.8, 4) is 0 Å². The zero-order valence-corrected chi connectivity index (χ0v) is 7.51. The number of benzene rings is 1. The normalized spacial score (nSPS) is 10.4. The Labute approximate surface area is 75.0 Å². The van der Waals surface area contributed by atoms with Crippen molar-refractivity contribution < 1.29 is 0 Å². The maximum Gasteiger partial charge on any atom is 0.187 e. The van der Waals surface area contributed by atoms with Gasteiger partial charge in [-0.15, -0.1) is 0 Å². The van der Waals surface area contributed by atoms with Gasteiger partial charge in [0.05, 0.1) is 5.52 Å². The summed E-state index contributed by atoms with van der Waals surface area (Å²) < 4.78 is 0. The fourth-order valence-electron chi connectivity index (χ4n) is 1.05. The van der Waals surface area contributed by atoms with Gasteiger partial charge in [0.15, 0.2) is 5.16 Å². The van der Waals surface area contributed by atoms with E-state index in [4.69, 9.17) is 0 Å². The van der Waals surface area contributed by atoms with Crippen molar-refractivity contribution in [1.29, 1.82) is 0 Å². The highest BCUT2D eigenvalue weighted by atomic mass is 32.2. The predicted molar refractivity (Wildman–Crippen MR) is 51.3 cm³/mol. The molecule has 12 heavy (non-hydrogen) atoms. The lowest BCUT2D eigenvalue weighted by Crippen LogP contribution is -1.85. The van der Waals surface area contributed by atoms with E-state index in [1.54, 1.807) is 11.8 Å². The molecule has 2 rings (SSSR count). The summed E-state index contributed by atoms with van der Waals surface area (Å²) in [7, 11) is 0. The first-order valence-corrected chi connectivity index (χ1v) is 4.88. The van der Waals surface area contributed by atoms with Crippen LogP contribution in [-0.2, 0) is 0 Å². The lowest BCUT2D eigenvalue weighted by atomic mass is 10.2. The highest BCUT2D eigenvalue weighted by Crippen LogP contribution is 2.13. The molecule has 0 bridgehead atoms. The fraction of sp³-hybridized carbons (Fsp3) is 0.111. The van der Waals surface area contributed by atoms with Crippen molar-refractivity contribution >= 4 is 22.7 Å². The van der Waals surface area contributed by atoms with Crippen LogP contribution in [0.15, 0.2) is 35.6 Å². The van der Waals surface area contributed by atoms with Crippen molar-refractivity contribution in [3.05, 3.63) is 30.5 Å². The largest absolute Gasteiger partial charge is 0.230 e. The second kappa shape index (κ2) is 3.11. The van der Waals surface area contributed by atoms with Crippen LogP contribution in [0, 0.1) is 0 Å². The van der Waals surface area contributed by atoms with Crippen LogP contribution in [-0.4, -0.2) is 16.2 Å². The summed E-state index contributed by atoms with van der Waals surface area (Å²) in [6.45, 7) is 0. The fourth-order valence-corrected chi connectivity index (χ4v) is 1.40. The minimum Gasteiger partial charge on any atom is -0.230 e. The molecule has 0 aliphatic rings. The van der Waals surface area contributed by atoms with Crippen LogP contribution in [0.1, 0.15) is 0 Å². The molecule has 3 heteroatoms. The van der Waals surface area contributed by atoms with Crippen LogP contribution in [0.2, 0.25) is 0 Å². The van der Waals surface area contributed by atoms with Crippen LogP contribution in [0.3, 0.4) is 0 Å². The molecule has 0 spiro atoms. The summed E-state index contributed by atoms with van der Waals surface area (Å²) in [5, 5.41) is 1.92. The molecule has 1 aromatic carbocycles. The molecule has 2 aromatic rings. The van der Waals surface area contributed by atoms with Gasteiger partial charge in [0, 0.05) is 11.6 Å². The summed E-state index contributed by atoms with van der Waals surface area (Å²) in [4.78, 5) is 8.52. The minimum atomic E-state index is 0.828. The molecule has 0 saturated carbocycles. The van der Waals surface area contributed by atoms with Gasteiger partial charge in [0.25, 0.3) is 0 Å². The molecule has 60 valence electrons. The maximum atomic E-state index is 4.35. The Hall–Kier alpha value is -1.09. The molecule has 0 aliphatic heterocycles. The van der Waals surface area contributed by atoms with Gasteiger partial charge >= 0.3 is 0 Å². The highest BCUT2D eigenvalue weighted by molar-refractivity contribution is 7.98. The molecular formula is C9H8N2S. The second-order valence-electron chi connectivity index (χ2n) is 2.42. The number of rotatable bonds is 1. The lowest BCUT2D eigenvalue weighted by Gasteiger charge is -1.97. The first-order valence-electron chi connectivity index (χ1n) is 3.66. The number of thioether (sulfide) groups is 1. The van der Waals surface area contributed by atoms with Crippen molar-refractivity contribution in [3.63, 3.8) is 0 Å². The van der Waals surface area contributed by atoms with Crippen molar-refractivity contribution in [1.82, 2.24) is 9.97 Å². The van der Waals surface area contributed by atoms with Gasteiger partial charge in [-0.05, 0) is 12.3 Å². The first-order chi connectivity index (χ1) is 5.90. The SMILES string of the molecule is CSc1ncc2ccccc2n1. The molecule has 2 nitrogen and oxygen atoms in total.